The summed E-state index contributed by atoms with van der Waals surface area (Å²) in [4.78, 5) is 24.4. The third-order valence-corrected chi connectivity index (χ3v) is 4.58. The lowest BCUT2D eigenvalue weighted by Crippen LogP contribution is -2.54. The maximum absolute atomic E-state index is 12.3. The van der Waals surface area contributed by atoms with Crippen LogP contribution in [0.3, 0.4) is 0 Å². The molecule has 0 spiro atoms. The first-order chi connectivity index (χ1) is 13.7. The van der Waals surface area contributed by atoms with Crippen molar-refractivity contribution in [2.45, 2.75) is 65.1 Å². The van der Waals surface area contributed by atoms with E-state index in [9.17, 15) is 22.8 Å². The van der Waals surface area contributed by atoms with Crippen LogP contribution in [0.5, 0.6) is 0 Å². The Bertz CT molecular complexity index is 615. The van der Waals surface area contributed by atoms with Gasteiger partial charge < -0.3 is 20.5 Å². The lowest BCUT2D eigenvalue weighted by atomic mass is 9.90. The molecule has 0 aromatic carbocycles. The molecule has 11 heteroatoms. The molecule has 174 valence electrons. The molecule has 0 aromatic heterocycles. The monoisotopic (exact) mass is 439 g/mol. The summed E-state index contributed by atoms with van der Waals surface area (Å²) in [6.45, 7) is 6.42. The Morgan fingerprint density at radius 3 is 2.43 bits per heavy atom. The Balaban J connectivity index is 2.51. The van der Waals surface area contributed by atoms with Crippen molar-refractivity contribution in [2.24, 2.45) is 11.1 Å². The van der Waals surface area contributed by atoms with Crippen molar-refractivity contribution < 1.29 is 37.0 Å². The third-order valence-electron chi connectivity index (χ3n) is 4.58. The number of halogens is 3. The zero-order valence-electron chi connectivity index (χ0n) is 17.9. The molecular weight excluding hydrogens is 407 g/mol. The Labute approximate surface area is 174 Å². The Morgan fingerprint density at radius 2 is 1.87 bits per heavy atom. The first-order valence-electron chi connectivity index (χ1n) is 9.75. The van der Waals surface area contributed by atoms with Crippen LogP contribution in [-0.2, 0) is 23.8 Å². The van der Waals surface area contributed by atoms with Gasteiger partial charge in [-0.25, -0.2) is 0 Å². The molecule has 4 N–H and O–H groups in total. The Kier molecular flexibility index (Phi) is 9.73. The van der Waals surface area contributed by atoms with Gasteiger partial charge in [0.25, 0.3) is 5.91 Å². The van der Waals surface area contributed by atoms with Crippen molar-refractivity contribution in [1.82, 2.24) is 10.6 Å². The van der Waals surface area contributed by atoms with Crippen LogP contribution in [0.25, 0.3) is 0 Å². The highest BCUT2D eigenvalue weighted by Gasteiger charge is 2.31. The van der Waals surface area contributed by atoms with E-state index in [2.05, 4.69) is 15.4 Å². The topological polar surface area (TPSA) is 112 Å². The maximum Gasteiger partial charge on any atom is 0.522 e. The van der Waals surface area contributed by atoms with Gasteiger partial charge in [0.15, 0.2) is 6.29 Å². The molecule has 0 aliphatic carbocycles. The molecule has 1 heterocycles. The van der Waals surface area contributed by atoms with Crippen molar-refractivity contribution in [3.05, 3.63) is 11.8 Å². The molecule has 0 saturated carbocycles. The maximum atomic E-state index is 12.3. The van der Waals surface area contributed by atoms with Crippen molar-refractivity contribution in [1.29, 1.82) is 0 Å². The minimum absolute atomic E-state index is 0.216. The van der Waals surface area contributed by atoms with Crippen LogP contribution in [0, 0.1) is 5.41 Å². The minimum atomic E-state index is -4.74. The molecule has 1 saturated heterocycles. The number of ether oxygens (including phenoxy) is 3. The summed E-state index contributed by atoms with van der Waals surface area (Å²) in [7, 11) is 0. The zero-order valence-corrected chi connectivity index (χ0v) is 17.9. The van der Waals surface area contributed by atoms with Crippen molar-refractivity contribution >= 4 is 11.8 Å². The molecule has 2 amide bonds. The molecule has 1 aliphatic rings. The molecule has 30 heavy (non-hydrogen) atoms. The third kappa shape index (κ3) is 9.88. The van der Waals surface area contributed by atoms with Gasteiger partial charge in [-0.1, -0.05) is 13.8 Å². The van der Waals surface area contributed by atoms with E-state index < -0.39 is 35.7 Å². The van der Waals surface area contributed by atoms with E-state index >= 15 is 0 Å². The van der Waals surface area contributed by atoms with E-state index in [1.807, 2.05) is 0 Å². The lowest BCUT2D eigenvalue weighted by Gasteiger charge is -2.30. The summed E-state index contributed by atoms with van der Waals surface area (Å²) in [5.74, 6) is -1.45. The fourth-order valence-corrected chi connectivity index (χ4v) is 2.48. The van der Waals surface area contributed by atoms with Gasteiger partial charge in [-0.15, -0.1) is 13.2 Å². The smallest absolute Gasteiger partial charge is 0.401 e. The number of rotatable bonds is 10. The van der Waals surface area contributed by atoms with E-state index in [0.717, 1.165) is 25.3 Å². The number of carbonyl (C=O) groups is 2. The summed E-state index contributed by atoms with van der Waals surface area (Å²) in [6.07, 6.45) is -1.12. The molecule has 1 atom stereocenters. The minimum Gasteiger partial charge on any atom is -0.401 e. The van der Waals surface area contributed by atoms with Gasteiger partial charge in [-0.3, -0.25) is 19.6 Å². The number of hydrogen-bond acceptors (Lipinski definition) is 7. The molecule has 0 radical (unpaired) electrons. The molecular formula is C19H32F3N3O5. The van der Waals surface area contributed by atoms with Crippen LogP contribution in [0.1, 0.15) is 47.0 Å². The fraction of sp³-hybridized carbons (Fsp3) is 0.789. The summed E-state index contributed by atoms with van der Waals surface area (Å²) in [6, 6.07) is 0. The number of imide groups is 1. The van der Waals surface area contributed by atoms with Gasteiger partial charge in [-0.2, -0.15) is 0 Å². The van der Waals surface area contributed by atoms with E-state index in [-0.39, 0.29) is 25.1 Å². The number of amides is 2. The summed E-state index contributed by atoms with van der Waals surface area (Å²) in [5.41, 5.74) is 4.26. The van der Waals surface area contributed by atoms with Crippen LogP contribution in [0.15, 0.2) is 11.8 Å². The van der Waals surface area contributed by atoms with E-state index in [0.29, 0.717) is 6.61 Å². The second kappa shape index (κ2) is 11.1. The average Bonchev–Trinajstić information content (AvgIpc) is 2.63. The van der Waals surface area contributed by atoms with Crippen LogP contribution in [0.4, 0.5) is 13.2 Å². The molecule has 8 nitrogen and oxygen atoms in total. The van der Waals surface area contributed by atoms with Gasteiger partial charge in [-0.05, 0) is 33.1 Å². The van der Waals surface area contributed by atoms with Crippen molar-refractivity contribution in [3.8, 4) is 0 Å². The van der Waals surface area contributed by atoms with Gasteiger partial charge in [0.1, 0.15) is 0 Å². The first-order valence-corrected chi connectivity index (χ1v) is 9.75. The first kappa shape index (κ1) is 26.3. The van der Waals surface area contributed by atoms with Crippen LogP contribution in [-0.4, -0.2) is 56.4 Å². The zero-order chi connectivity index (χ0) is 23.0. The lowest BCUT2D eigenvalue weighted by molar-refractivity contribution is -0.323. The quantitative estimate of drug-likeness (QED) is 0.352. The molecule has 0 aromatic rings. The van der Waals surface area contributed by atoms with E-state index in [1.165, 1.54) is 13.8 Å². The van der Waals surface area contributed by atoms with Crippen LogP contribution < -0.4 is 16.4 Å². The molecule has 1 unspecified atom stereocenters. The van der Waals surface area contributed by atoms with E-state index in [1.54, 1.807) is 13.8 Å². The van der Waals surface area contributed by atoms with Crippen LogP contribution >= 0.6 is 0 Å². The fourth-order valence-electron chi connectivity index (χ4n) is 2.48. The number of nitrogens with one attached hydrogen (secondary N) is 2. The van der Waals surface area contributed by atoms with Crippen LogP contribution in [0.2, 0.25) is 0 Å². The number of hydrogen-bond donors (Lipinski definition) is 3. The predicted octanol–water partition coefficient (Wildman–Crippen LogP) is 1.95. The van der Waals surface area contributed by atoms with Gasteiger partial charge >= 0.3 is 6.36 Å². The van der Waals surface area contributed by atoms with Gasteiger partial charge in [0, 0.05) is 30.3 Å². The van der Waals surface area contributed by atoms with Crippen molar-refractivity contribution in [2.75, 3.05) is 26.4 Å². The number of alkyl halides is 3. The molecule has 1 aliphatic heterocycles. The molecule has 1 rings (SSSR count). The largest absolute Gasteiger partial charge is 0.522 e. The highest BCUT2D eigenvalue weighted by Crippen LogP contribution is 2.25. The Hall–Kier alpha value is -1.69. The summed E-state index contributed by atoms with van der Waals surface area (Å²) in [5, 5.41) is 4.76. The van der Waals surface area contributed by atoms with Gasteiger partial charge in [0.05, 0.1) is 18.8 Å². The molecule has 0 bridgehead atoms. The molecule has 1 fully saturated rings. The van der Waals surface area contributed by atoms with Gasteiger partial charge in [0.2, 0.25) is 5.91 Å². The standard InChI is InChI=1S/C19H32F3N3O5/c1-17(2,12-29-15-7-5-6-9-28-15)13(23)11-14(26)25-16(27)18(3,4)24-8-10-30-19(20,21)22/h11,15,24H,5-10,12,23H2,1-4H3,(H,25,26,27). The highest BCUT2D eigenvalue weighted by atomic mass is 19.4. The normalized spacial score (nSPS) is 18.9. The summed E-state index contributed by atoms with van der Waals surface area (Å²) >= 11 is 0. The Morgan fingerprint density at radius 1 is 1.20 bits per heavy atom. The van der Waals surface area contributed by atoms with E-state index in [4.69, 9.17) is 15.2 Å². The average molecular weight is 439 g/mol. The highest BCUT2D eigenvalue weighted by molar-refractivity contribution is 6.04. The SMILES string of the molecule is CC(C)(COC1CCCCO1)C(N)=CC(=O)NC(=O)C(C)(C)NCCOC(F)(F)F. The second-order valence-electron chi connectivity index (χ2n) is 8.26. The summed E-state index contributed by atoms with van der Waals surface area (Å²) < 4.78 is 50.8. The number of nitrogens with two attached hydrogens (primary N) is 1. The number of carbonyl (C=O) groups excluding carboxylic acids is 2. The second-order valence-corrected chi connectivity index (χ2v) is 8.26. The predicted molar refractivity (Wildman–Crippen MR) is 103 cm³/mol. The van der Waals surface area contributed by atoms with Crippen molar-refractivity contribution in [3.63, 3.8) is 0 Å².